The molecule has 5 heteroatoms. The number of fused-ring (bicyclic) bond motifs is 1. The third-order valence-corrected chi connectivity index (χ3v) is 5.90. The van der Waals surface area contributed by atoms with Crippen molar-refractivity contribution in [2.45, 2.75) is 17.6 Å². The monoisotopic (exact) mass is 388 g/mol. The molecule has 2 aliphatic heterocycles. The van der Waals surface area contributed by atoms with Gasteiger partial charge in [0.05, 0.1) is 12.1 Å². The van der Waals surface area contributed by atoms with Crippen LogP contribution in [0.4, 0.5) is 0 Å². The number of Topliss-reactive ketones (excluding diaryl/α,β-unsaturated/α-hetero) is 1. The lowest BCUT2D eigenvalue weighted by molar-refractivity contribution is 0.0522. The lowest BCUT2D eigenvalue weighted by Gasteiger charge is -2.41. The molecule has 0 bridgehead atoms. The second kappa shape index (κ2) is 6.57. The van der Waals surface area contributed by atoms with E-state index in [1.54, 1.807) is 6.07 Å². The van der Waals surface area contributed by atoms with Crippen molar-refractivity contribution < 1.29 is 9.53 Å². The van der Waals surface area contributed by atoms with Crippen LogP contribution in [0.2, 0.25) is 5.02 Å². The molecule has 0 saturated carbocycles. The van der Waals surface area contributed by atoms with Gasteiger partial charge in [-0.05, 0) is 29.3 Å². The zero-order chi connectivity index (χ0) is 19.1. The maximum atomic E-state index is 13.8. The number of halogens is 1. The van der Waals surface area contributed by atoms with E-state index in [1.165, 1.54) is 0 Å². The first-order chi connectivity index (χ1) is 13.7. The minimum atomic E-state index is -1.18. The fraction of sp³-hybridized carbons (Fsp3) is 0.174. The molecule has 0 aliphatic carbocycles. The van der Waals surface area contributed by atoms with Crippen LogP contribution in [0.15, 0.2) is 89.1 Å². The van der Waals surface area contributed by atoms with Gasteiger partial charge in [-0.15, -0.1) is 0 Å². The molecule has 2 heterocycles. The fourth-order valence-electron chi connectivity index (χ4n) is 4.24. The Kier molecular flexibility index (Phi) is 4.02. The van der Waals surface area contributed by atoms with Crippen LogP contribution in [0.1, 0.15) is 33.5 Å². The van der Waals surface area contributed by atoms with E-state index >= 15 is 0 Å². The van der Waals surface area contributed by atoms with Crippen LogP contribution in [0.25, 0.3) is 0 Å². The van der Waals surface area contributed by atoms with Crippen molar-refractivity contribution in [3.63, 3.8) is 0 Å². The first-order valence-electron chi connectivity index (χ1n) is 9.20. The van der Waals surface area contributed by atoms with Crippen LogP contribution in [0.5, 0.6) is 5.75 Å². The van der Waals surface area contributed by atoms with E-state index in [2.05, 4.69) is 10.2 Å². The molecule has 3 aromatic carbocycles. The molecule has 0 fully saturated rings. The largest absolute Gasteiger partial charge is 0.482 e. The topological polar surface area (TPSA) is 51.0 Å². The van der Waals surface area contributed by atoms with Crippen molar-refractivity contribution in [1.29, 1.82) is 0 Å². The number of hydrogen-bond donors (Lipinski definition) is 0. The molecule has 4 nitrogen and oxygen atoms in total. The summed E-state index contributed by atoms with van der Waals surface area (Å²) in [6.07, 6.45) is -0.580. The maximum Gasteiger partial charge on any atom is 0.200 e. The van der Waals surface area contributed by atoms with Crippen molar-refractivity contribution in [3.05, 3.63) is 101 Å². The van der Waals surface area contributed by atoms with Crippen LogP contribution in [-0.4, -0.2) is 17.9 Å². The number of carbonyl (C=O) groups is 1. The normalized spacial score (nSPS) is 25.5. The summed E-state index contributed by atoms with van der Waals surface area (Å²) in [5.74, 6) is 0.202. The molecule has 0 aromatic heterocycles. The first-order valence-corrected chi connectivity index (χ1v) is 9.58. The number of benzene rings is 3. The summed E-state index contributed by atoms with van der Waals surface area (Å²) in [4.78, 5) is 13.8. The van der Waals surface area contributed by atoms with E-state index in [0.29, 0.717) is 22.9 Å². The highest BCUT2D eigenvalue weighted by Gasteiger charge is 2.60. The van der Waals surface area contributed by atoms with Crippen LogP contribution in [0.3, 0.4) is 0 Å². The van der Waals surface area contributed by atoms with Gasteiger partial charge in [0.2, 0.25) is 5.78 Å². The Hall–Kier alpha value is -2.98. The quantitative estimate of drug-likeness (QED) is 0.570. The summed E-state index contributed by atoms with van der Waals surface area (Å²) in [5.41, 5.74) is 1.11. The van der Waals surface area contributed by atoms with Crippen molar-refractivity contribution in [3.8, 4) is 5.75 Å². The van der Waals surface area contributed by atoms with Gasteiger partial charge in [0.1, 0.15) is 5.75 Å². The Balaban J connectivity index is 1.75. The highest BCUT2D eigenvalue weighted by molar-refractivity contribution is 6.31. The molecule has 5 rings (SSSR count). The summed E-state index contributed by atoms with van der Waals surface area (Å²) in [5, 5.41) is 9.49. The second-order valence-electron chi connectivity index (χ2n) is 7.06. The molecule has 0 unspecified atom stereocenters. The SMILES string of the molecule is O=C1c2ccccc2O[C@H](c2ccccc2)[C@]12N=NC[C@H]2c1ccccc1Cl. The number of para-hydroxylation sites is 1. The van der Waals surface area contributed by atoms with Gasteiger partial charge in [-0.25, -0.2) is 0 Å². The molecular weight excluding hydrogens is 372 g/mol. The summed E-state index contributed by atoms with van der Waals surface area (Å²) >= 11 is 6.51. The second-order valence-corrected chi connectivity index (χ2v) is 7.46. The van der Waals surface area contributed by atoms with Gasteiger partial charge in [-0.1, -0.05) is 72.3 Å². The van der Waals surface area contributed by atoms with Gasteiger partial charge >= 0.3 is 0 Å². The molecule has 3 atom stereocenters. The van der Waals surface area contributed by atoms with Crippen molar-refractivity contribution in [2.24, 2.45) is 10.2 Å². The van der Waals surface area contributed by atoms with Gasteiger partial charge in [-0.2, -0.15) is 10.2 Å². The standard InChI is InChI=1S/C23H17ClN2O2/c24-19-12-6-4-10-16(19)18-14-25-26-23(18)21(27)17-11-5-7-13-20(17)28-22(23)15-8-2-1-3-9-15/h1-13,18,22H,14H2/t18-,22+,23+/m0/s1. The molecule has 1 spiro atoms. The fourth-order valence-corrected chi connectivity index (χ4v) is 4.51. The van der Waals surface area contributed by atoms with E-state index in [1.807, 2.05) is 72.8 Å². The Morgan fingerprint density at radius 3 is 2.46 bits per heavy atom. The smallest absolute Gasteiger partial charge is 0.200 e. The number of ether oxygens (including phenoxy) is 1. The number of azo groups is 1. The van der Waals surface area contributed by atoms with Crippen LogP contribution < -0.4 is 4.74 Å². The van der Waals surface area contributed by atoms with Gasteiger partial charge in [-0.3, -0.25) is 4.79 Å². The summed E-state index contributed by atoms with van der Waals surface area (Å²) in [7, 11) is 0. The van der Waals surface area contributed by atoms with E-state index in [4.69, 9.17) is 16.3 Å². The molecule has 2 aliphatic rings. The molecule has 28 heavy (non-hydrogen) atoms. The Labute approximate surface area is 167 Å². The van der Waals surface area contributed by atoms with Crippen molar-refractivity contribution in [2.75, 3.05) is 6.54 Å². The van der Waals surface area contributed by atoms with E-state index in [9.17, 15) is 4.79 Å². The highest BCUT2D eigenvalue weighted by Crippen LogP contribution is 2.53. The number of rotatable bonds is 2. The minimum absolute atomic E-state index is 0.0747. The molecule has 0 amide bonds. The Bertz CT molecular complexity index is 1080. The first kappa shape index (κ1) is 17.1. The lowest BCUT2D eigenvalue weighted by Crippen LogP contribution is -2.51. The van der Waals surface area contributed by atoms with Crippen LogP contribution in [0, 0.1) is 0 Å². The van der Waals surface area contributed by atoms with Gasteiger partial charge in [0, 0.05) is 10.9 Å². The molecule has 0 N–H and O–H groups in total. The Morgan fingerprint density at radius 2 is 1.64 bits per heavy atom. The van der Waals surface area contributed by atoms with Crippen molar-refractivity contribution >= 4 is 17.4 Å². The highest BCUT2D eigenvalue weighted by atomic mass is 35.5. The third kappa shape index (κ3) is 2.41. The minimum Gasteiger partial charge on any atom is -0.482 e. The molecule has 0 saturated heterocycles. The Morgan fingerprint density at radius 1 is 0.929 bits per heavy atom. The van der Waals surface area contributed by atoms with Crippen LogP contribution in [-0.2, 0) is 0 Å². The van der Waals surface area contributed by atoms with Gasteiger partial charge in [0.15, 0.2) is 11.6 Å². The third-order valence-electron chi connectivity index (χ3n) is 5.55. The zero-order valence-electron chi connectivity index (χ0n) is 15.0. The van der Waals surface area contributed by atoms with E-state index < -0.39 is 11.6 Å². The van der Waals surface area contributed by atoms with Gasteiger partial charge < -0.3 is 4.74 Å². The van der Waals surface area contributed by atoms with E-state index in [0.717, 1.165) is 11.1 Å². The predicted octanol–water partition coefficient (Wildman–Crippen LogP) is 5.64. The summed E-state index contributed by atoms with van der Waals surface area (Å²) in [6, 6.07) is 24.7. The van der Waals surface area contributed by atoms with E-state index in [-0.39, 0.29) is 11.7 Å². The predicted molar refractivity (Wildman–Crippen MR) is 107 cm³/mol. The van der Waals surface area contributed by atoms with Crippen molar-refractivity contribution in [1.82, 2.24) is 0 Å². The zero-order valence-corrected chi connectivity index (χ0v) is 15.7. The number of ketones is 1. The average Bonchev–Trinajstić information content (AvgIpc) is 3.17. The number of nitrogens with zero attached hydrogens (tertiary/aromatic N) is 2. The molecular formula is C23H17ClN2O2. The molecule has 3 aromatic rings. The summed E-state index contributed by atoms with van der Waals surface area (Å²) < 4.78 is 6.40. The lowest BCUT2D eigenvalue weighted by atomic mass is 9.69. The molecule has 0 radical (unpaired) electrons. The van der Waals surface area contributed by atoms with Gasteiger partial charge in [0.25, 0.3) is 0 Å². The summed E-state index contributed by atoms with van der Waals surface area (Å²) in [6.45, 7) is 0.393. The maximum absolute atomic E-state index is 13.8. The average molecular weight is 389 g/mol. The number of carbonyl (C=O) groups excluding carboxylic acids is 1. The molecule has 138 valence electrons. The van der Waals surface area contributed by atoms with Crippen LogP contribution >= 0.6 is 11.6 Å². The number of hydrogen-bond acceptors (Lipinski definition) is 4.